The van der Waals surface area contributed by atoms with Gasteiger partial charge in [0.2, 0.25) is 5.91 Å². The van der Waals surface area contributed by atoms with Crippen LogP contribution in [0.2, 0.25) is 0 Å². The summed E-state index contributed by atoms with van der Waals surface area (Å²) in [6.45, 7) is 0.872. The van der Waals surface area contributed by atoms with Crippen LogP contribution in [0.5, 0.6) is 0 Å². The first-order chi connectivity index (χ1) is 22.5. The van der Waals surface area contributed by atoms with Gasteiger partial charge in [0.1, 0.15) is 11.3 Å². The first kappa shape index (κ1) is 30.1. The predicted molar refractivity (Wildman–Crippen MR) is 179 cm³/mol. The Hall–Kier alpha value is -4.59. The molecule has 0 bridgehead atoms. The molecule has 1 aliphatic heterocycles. The second-order valence-corrected chi connectivity index (χ2v) is 13.0. The van der Waals surface area contributed by atoms with Gasteiger partial charge in [0.25, 0.3) is 5.91 Å². The molecule has 0 atom stereocenters. The molecule has 0 spiro atoms. The number of hydrogen-bond donors (Lipinski definition) is 2. The normalized spacial score (nSPS) is 17.8. The van der Waals surface area contributed by atoms with Gasteiger partial charge in [0, 0.05) is 46.8 Å². The smallest absolute Gasteiger partial charge is 0.330 e. The second kappa shape index (κ2) is 12.7. The van der Waals surface area contributed by atoms with Crippen LogP contribution < -0.4 is 10.6 Å². The number of rotatable bonds is 7. The molecule has 2 amide bonds. The Morgan fingerprint density at radius 1 is 0.957 bits per heavy atom. The van der Waals surface area contributed by atoms with Crippen molar-refractivity contribution in [1.29, 1.82) is 0 Å². The van der Waals surface area contributed by atoms with Gasteiger partial charge in [-0.2, -0.15) is 0 Å². The predicted octanol–water partition coefficient (Wildman–Crippen LogP) is 7.76. The van der Waals surface area contributed by atoms with Crippen LogP contribution in [0.15, 0.2) is 65.3 Å². The number of methoxy groups -OCH3 is 1. The molecule has 238 valence electrons. The van der Waals surface area contributed by atoms with Crippen molar-refractivity contribution in [2.75, 3.05) is 12.4 Å². The van der Waals surface area contributed by atoms with Crippen molar-refractivity contribution < 1.29 is 23.5 Å². The average molecular weight is 620 g/mol. The van der Waals surface area contributed by atoms with Crippen molar-refractivity contribution in [3.05, 3.63) is 83.3 Å². The van der Waals surface area contributed by atoms with Gasteiger partial charge in [0.15, 0.2) is 0 Å². The number of amides is 2. The number of esters is 1. The Balaban J connectivity index is 1.16. The number of ether oxygens (including phenoxy) is 1. The molecule has 2 saturated carbocycles. The number of fused-ring (bicyclic) bond motifs is 5. The van der Waals surface area contributed by atoms with Crippen molar-refractivity contribution in [1.82, 2.24) is 9.88 Å². The van der Waals surface area contributed by atoms with Crippen LogP contribution in [0.3, 0.4) is 0 Å². The second-order valence-electron chi connectivity index (χ2n) is 13.0. The number of nitrogens with zero attached hydrogens (tertiary/aromatic N) is 1. The van der Waals surface area contributed by atoms with Crippen LogP contribution >= 0.6 is 0 Å². The minimum atomic E-state index is -0.982. The quantitative estimate of drug-likeness (QED) is 0.163. The van der Waals surface area contributed by atoms with E-state index in [-0.39, 0.29) is 11.8 Å². The lowest BCUT2D eigenvalue weighted by molar-refractivity contribution is -0.134. The first-order valence-corrected chi connectivity index (χ1v) is 16.7. The zero-order valence-electron chi connectivity index (χ0n) is 26.4. The van der Waals surface area contributed by atoms with E-state index in [9.17, 15) is 14.4 Å². The molecule has 0 saturated heterocycles. The maximum absolute atomic E-state index is 13.9. The van der Waals surface area contributed by atoms with Crippen LogP contribution in [-0.4, -0.2) is 35.0 Å². The van der Waals surface area contributed by atoms with Crippen molar-refractivity contribution in [3.8, 4) is 11.3 Å². The van der Waals surface area contributed by atoms with E-state index in [2.05, 4.69) is 32.1 Å². The van der Waals surface area contributed by atoms with Gasteiger partial charge in [-0.15, -0.1) is 0 Å². The molecule has 8 nitrogen and oxygen atoms in total. The number of anilines is 1. The number of benzene rings is 2. The number of carbonyl (C=O) groups is 3. The fourth-order valence-corrected chi connectivity index (χ4v) is 7.83. The van der Waals surface area contributed by atoms with Gasteiger partial charge >= 0.3 is 5.97 Å². The molecule has 3 aliphatic rings. The van der Waals surface area contributed by atoms with E-state index in [1.165, 1.54) is 67.5 Å². The average Bonchev–Trinajstić information content (AvgIpc) is 3.80. The summed E-state index contributed by atoms with van der Waals surface area (Å²) in [5.74, 6) is 0.685. The summed E-state index contributed by atoms with van der Waals surface area (Å²) in [5.41, 5.74) is 5.97. The standard InChI is InChI=1S/C38H41N3O5/c1-45-33(42)18-13-25-11-15-28(16-12-25)39-37(44)38(20-5-6-21-38)40-36(43)27-14-17-29-31(24-27)41-22-7-10-32-30(19-23-46-32)35(41)34(29)26-8-3-2-4-9-26/h11-19,23-24,26H,2-10,20-22H2,1H3,(H,39,44)(H,40,43). The summed E-state index contributed by atoms with van der Waals surface area (Å²) >= 11 is 0. The SMILES string of the molecule is COC(=O)C=Cc1ccc(NC(=O)C2(NC(=O)c3ccc4c(C5CCCCC5)c5n(c4c3)CCCc3occc3-5)CCCC2)cc1. The molecule has 0 unspecified atom stereocenters. The largest absolute Gasteiger partial charge is 0.469 e. The molecule has 7 rings (SSSR count). The highest BCUT2D eigenvalue weighted by Crippen LogP contribution is 2.46. The van der Waals surface area contributed by atoms with Crippen LogP contribution in [0.25, 0.3) is 28.2 Å². The molecule has 2 aromatic carbocycles. The zero-order chi connectivity index (χ0) is 31.7. The molecule has 0 radical (unpaired) electrons. The fourth-order valence-electron chi connectivity index (χ4n) is 7.83. The van der Waals surface area contributed by atoms with Gasteiger partial charge in [0.05, 0.1) is 19.1 Å². The van der Waals surface area contributed by atoms with E-state index >= 15 is 0 Å². The van der Waals surface area contributed by atoms with Crippen molar-refractivity contribution >= 4 is 40.4 Å². The first-order valence-electron chi connectivity index (χ1n) is 16.7. The maximum Gasteiger partial charge on any atom is 0.330 e. The monoisotopic (exact) mass is 619 g/mol. The molecule has 46 heavy (non-hydrogen) atoms. The van der Waals surface area contributed by atoms with Crippen LogP contribution in [-0.2, 0) is 27.3 Å². The Bertz CT molecular complexity index is 1800. The number of carbonyl (C=O) groups excluding carboxylic acids is 3. The minimum Gasteiger partial charge on any atom is -0.469 e. The van der Waals surface area contributed by atoms with E-state index in [0.29, 0.717) is 30.0 Å². The van der Waals surface area contributed by atoms with E-state index in [0.717, 1.165) is 49.1 Å². The van der Waals surface area contributed by atoms with Crippen molar-refractivity contribution in [2.45, 2.75) is 88.6 Å². The summed E-state index contributed by atoms with van der Waals surface area (Å²) in [6, 6.07) is 15.4. The van der Waals surface area contributed by atoms with E-state index in [1.807, 2.05) is 30.5 Å². The number of aryl methyl sites for hydroxylation is 2. The summed E-state index contributed by atoms with van der Waals surface area (Å²) in [5, 5.41) is 7.43. The van der Waals surface area contributed by atoms with E-state index < -0.39 is 11.5 Å². The molecular weight excluding hydrogens is 578 g/mol. The number of hydrogen-bond acceptors (Lipinski definition) is 5. The van der Waals surface area contributed by atoms with Crippen LogP contribution in [0.1, 0.15) is 97.4 Å². The summed E-state index contributed by atoms with van der Waals surface area (Å²) in [7, 11) is 1.33. The Kier molecular flexibility index (Phi) is 8.28. The van der Waals surface area contributed by atoms with Gasteiger partial charge in [-0.25, -0.2) is 4.79 Å². The minimum absolute atomic E-state index is 0.207. The molecule has 4 aromatic rings. The lowest BCUT2D eigenvalue weighted by atomic mass is 9.81. The van der Waals surface area contributed by atoms with E-state index in [4.69, 9.17) is 4.42 Å². The molecule has 3 heterocycles. The number of aromatic nitrogens is 1. The molecule has 2 aromatic heterocycles. The summed E-state index contributed by atoms with van der Waals surface area (Å²) in [6.07, 6.45) is 15.8. The highest BCUT2D eigenvalue weighted by atomic mass is 16.5. The van der Waals surface area contributed by atoms with Crippen molar-refractivity contribution in [3.63, 3.8) is 0 Å². The lowest BCUT2D eigenvalue weighted by Crippen LogP contribution is -2.55. The third kappa shape index (κ3) is 5.65. The highest BCUT2D eigenvalue weighted by Gasteiger charge is 2.43. The van der Waals surface area contributed by atoms with Gasteiger partial charge in [-0.05, 0) is 85.6 Å². The topological polar surface area (TPSA) is 103 Å². The summed E-state index contributed by atoms with van der Waals surface area (Å²) in [4.78, 5) is 39.1. The Morgan fingerprint density at radius 2 is 1.74 bits per heavy atom. The number of nitrogens with one attached hydrogen (secondary N) is 2. The molecular formula is C38H41N3O5. The van der Waals surface area contributed by atoms with Crippen LogP contribution in [0, 0.1) is 0 Å². The fraction of sp³-hybridized carbons (Fsp3) is 0.395. The highest BCUT2D eigenvalue weighted by molar-refractivity contribution is 6.06. The molecule has 2 fully saturated rings. The van der Waals surface area contributed by atoms with E-state index in [1.54, 1.807) is 18.2 Å². The molecule has 2 aliphatic carbocycles. The van der Waals surface area contributed by atoms with Crippen molar-refractivity contribution in [2.24, 2.45) is 0 Å². The third-order valence-electron chi connectivity index (χ3n) is 10.2. The van der Waals surface area contributed by atoms with Gasteiger partial charge in [-0.3, -0.25) is 9.59 Å². The maximum atomic E-state index is 13.9. The van der Waals surface area contributed by atoms with Gasteiger partial charge < -0.3 is 24.4 Å². The Morgan fingerprint density at radius 3 is 2.50 bits per heavy atom. The number of furan rings is 1. The van der Waals surface area contributed by atoms with Gasteiger partial charge in [-0.1, -0.05) is 50.3 Å². The zero-order valence-corrected chi connectivity index (χ0v) is 26.4. The van der Waals surface area contributed by atoms with Crippen LogP contribution in [0.4, 0.5) is 5.69 Å². The third-order valence-corrected chi connectivity index (χ3v) is 10.2. The lowest BCUT2D eigenvalue weighted by Gasteiger charge is -2.29. The molecule has 8 heteroatoms. The molecule has 2 N–H and O–H groups in total. The Labute approximate surface area is 269 Å². The summed E-state index contributed by atoms with van der Waals surface area (Å²) < 4.78 is 13.0.